The minimum atomic E-state index is -0.563. The number of carbonyl (C=O) groups is 3. The van der Waals surface area contributed by atoms with Gasteiger partial charge in [0.05, 0.1) is 0 Å². The van der Waals surface area contributed by atoms with Gasteiger partial charge in [-0.2, -0.15) is 5.06 Å². The molecule has 4 amide bonds. The van der Waals surface area contributed by atoms with Crippen molar-refractivity contribution in [2.24, 2.45) is 5.41 Å². The van der Waals surface area contributed by atoms with E-state index in [0.29, 0.717) is 31.6 Å². The number of urea groups is 1. The Balaban J connectivity index is 1.11. The maximum atomic E-state index is 13.2. The summed E-state index contributed by atoms with van der Waals surface area (Å²) in [5, 5.41) is 4.57. The molecule has 4 aliphatic rings. The molecule has 4 fully saturated rings. The number of hydrogen-bond acceptors (Lipinski definition) is 5. The van der Waals surface area contributed by atoms with Gasteiger partial charge in [0.1, 0.15) is 24.3 Å². The number of nitrogens with zero attached hydrogens (tertiary/aromatic N) is 3. The summed E-state index contributed by atoms with van der Waals surface area (Å²) in [5.41, 5.74) is 1.28. The fourth-order valence-corrected chi connectivity index (χ4v) is 6.12. The summed E-state index contributed by atoms with van der Waals surface area (Å²) < 4.78 is 5.50. The van der Waals surface area contributed by atoms with Crippen LogP contribution in [0.3, 0.4) is 0 Å². The lowest BCUT2D eigenvalue weighted by molar-refractivity contribution is -0.137. The first kappa shape index (κ1) is 25.6. The normalized spacial score (nSPS) is 25.3. The summed E-state index contributed by atoms with van der Waals surface area (Å²) in [6, 6.07) is 8.68. The molecule has 0 unspecified atom stereocenters. The number of hydrogen-bond donors (Lipinski definition) is 1. The van der Waals surface area contributed by atoms with Crippen LogP contribution in [-0.2, 0) is 21.0 Å². The van der Waals surface area contributed by atoms with Crippen LogP contribution in [0.2, 0.25) is 0 Å². The molecule has 3 heterocycles. The highest BCUT2D eigenvalue weighted by Crippen LogP contribution is 2.49. The summed E-state index contributed by atoms with van der Waals surface area (Å²) in [6.45, 7) is 11.4. The van der Waals surface area contributed by atoms with Crippen LogP contribution < -0.4 is 5.32 Å². The topological polar surface area (TPSA) is 91.4 Å². The van der Waals surface area contributed by atoms with Crippen LogP contribution in [-0.4, -0.2) is 69.7 Å². The van der Waals surface area contributed by atoms with Crippen molar-refractivity contribution in [1.29, 1.82) is 0 Å². The quantitative estimate of drug-likeness (QED) is 0.641. The minimum Gasteiger partial charge on any atom is -0.444 e. The van der Waals surface area contributed by atoms with E-state index in [1.165, 1.54) is 9.96 Å². The zero-order valence-electron chi connectivity index (χ0n) is 22.1. The number of hydroxylamine groups is 2. The van der Waals surface area contributed by atoms with Gasteiger partial charge >= 0.3 is 12.1 Å². The Morgan fingerprint density at radius 3 is 2.43 bits per heavy atom. The maximum absolute atomic E-state index is 13.2. The predicted octanol–water partition coefficient (Wildman–Crippen LogP) is 4.20. The van der Waals surface area contributed by atoms with Crippen LogP contribution in [0.5, 0.6) is 0 Å². The Kier molecular flexibility index (Phi) is 6.68. The van der Waals surface area contributed by atoms with Crippen molar-refractivity contribution in [1.82, 2.24) is 20.2 Å². The molecule has 3 saturated heterocycles. The number of ether oxygens (including phenoxy) is 1. The van der Waals surface area contributed by atoms with Crippen LogP contribution in [0, 0.1) is 5.41 Å². The van der Waals surface area contributed by atoms with Gasteiger partial charge in [-0.05, 0) is 70.3 Å². The SMILES string of the molecule is C=C1[C@H]2CC[C@@H](C(=O)NC3CC4(CCN(C(=O)OC(C)(C)C)CC4)C3)N1C(=O)N2OCc1ccccc1. The lowest BCUT2D eigenvalue weighted by Gasteiger charge is -2.52. The van der Waals surface area contributed by atoms with E-state index >= 15 is 0 Å². The average Bonchev–Trinajstić information content (AvgIpc) is 2.96. The number of fused-ring (bicyclic) bond motifs is 2. The second-order valence-corrected chi connectivity index (χ2v) is 11.9. The van der Waals surface area contributed by atoms with Crippen molar-refractivity contribution in [2.45, 2.75) is 89.6 Å². The second kappa shape index (κ2) is 9.67. The van der Waals surface area contributed by atoms with Crippen molar-refractivity contribution in [2.75, 3.05) is 13.1 Å². The molecule has 0 aromatic heterocycles. The van der Waals surface area contributed by atoms with Crippen LogP contribution in [0.25, 0.3) is 0 Å². The van der Waals surface area contributed by atoms with E-state index in [4.69, 9.17) is 9.57 Å². The monoisotopic (exact) mass is 510 g/mol. The highest BCUT2D eigenvalue weighted by Gasteiger charge is 2.52. The van der Waals surface area contributed by atoms with E-state index in [1.807, 2.05) is 51.1 Å². The highest BCUT2D eigenvalue weighted by atomic mass is 16.7. The molecule has 2 bridgehead atoms. The Hall–Kier alpha value is -3.07. The van der Waals surface area contributed by atoms with E-state index in [9.17, 15) is 14.4 Å². The smallest absolute Gasteiger partial charge is 0.410 e. The van der Waals surface area contributed by atoms with E-state index in [1.54, 1.807) is 4.90 Å². The standard InChI is InChI=1S/C28H38N4O5/c1-19-22-10-11-23(31(19)25(34)32(22)36-18-20-8-6-5-7-9-20)24(33)29-21-16-28(17-21)12-14-30(15-13-28)26(35)37-27(2,3)4/h5-9,21-23H,1,10-18H2,2-4H3,(H,29,33)/t22-,23+/m1/s1. The van der Waals surface area contributed by atoms with Gasteiger partial charge in [0.15, 0.2) is 0 Å². The van der Waals surface area contributed by atoms with Crippen molar-refractivity contribution < 1.29 is 24.0 Å². The zero-order chi connectivity index (χ0) is 26.4. The van der Waals surface area contributed by atoms with Crippen molar-refractivity contribution in [3.05, 3.63) is 48.2 Å². The Labute approximate surface area is 218 Å². The van der Waals surface area contributed by atoms with Gasteiger partial charge in [-0.15, -0.1) is 0 Å². The largest absolute Gasteiger partial charge is 0.444 e. The summed E-state index contributed by atoms with van der Waals surface area (Å²) in [6.07, 6.45) is 4.60. The van der Waals surface area contributed by atoms with Crippen molar-refractivity contribution >= 4 is 18.0 Å². The summed E-state index contributed by atoms with van der Waals surface area (Å²) in [4.78, 5) is 47.9. The van der Waals surface area contributed by atoms with Crippen molar-refractivity contribution in [3.63, 3.8) is 0 Å². The van der Waals surface area contributed by atoms with Crippen LogP contribution in [0.15, 0.2) is 42.6 Å². The molecule has 5 rings (SSSR count). The van der Waals surface area contributed by atoms with Crippen LogP contribution in [0.1, 0.15) is 64.9 Å². The fourth-order valence-electron chi connectivity index (χ4n) is 6.12. The first-order valence-corrected chi connectivity index (χ1v) is 13.3. The van der Waals surface area contributed by atoms with Gasteiger partial charge < -0.3 is 15.0 Å². The minimum absolute atomic E-state index is 0.0923. The number of amides is 4. The molecular formula is C28H38N4O5. The summed E-state index contributed by atoms with van der Waals surface area (Å²) >= 11 is 0. The maximum Gasteiger partial charge on any atom is 0.410 e. The Bertz CT molecular complexity index is 1050. The molecule has 1 N–H and O–H groups in total. The molecule has 2 atom stereocenters. The lowest BCUT2D eigenvalue weighted by atomic mass is 9.60. The van der Waals surface area contributed by atoms with E-state index in [-0.39, 0.29) is 42.1 Å². The third-order valence-electron chi connectivity index (χ3n) is 8.09. The van der Waals surface area contributed by atoms with Gasteiger partial charge in [-0.3, -0.25) is 14.5 Å². The number of piperidine rings is 2. The number of nitrogens with one attached hydrogen (secondary N) is 1. The first-order chi connectivity index (χ1) is 17.6. The molecule has 1 aromatic rings. The van der Waals surface area contributed by atoms with E-state index in [0.717, 1.165) is 31.2 Å². The summed E-state index contributed by atoms with van der Waals surface area (Å²) in [7, 11) is 0. The molecule has 1 spiro atoms. The molecule has 0 radical (unpaired) electrons. The molecule has 1 aliphatic carbocycles. The Morgan fingerprint density at radius 2 is 1.78 bits per heavy atom. The third-order valence-corrected chi connectivity index (χ3v) is 8.09. The van der Waals surface area contributed by atoms with Gasteiger partial charge in [-0.25, -0.2) is 9.59 Å². The fraction of sp³-hybridized carbons (Fsp3) is 0.607. The first-order valence-electron chi connectivity index (χ1n) is 13.3. The van der Waals surface area contributed by atoms with Gasteiger partial charge in [-0.1, -0.05) is 36.9 Å². The van der Waals surface area contributed by atoms with Gasteiger partial charge in [0.2, 0.25) is 5.91 Å². The number of carbonyl (C=O) groups excluding carboxylic acids is 3. The van der Waals surface area contributed by atoms with Gasteiger partial charge in [0, 0.05) is 24.8 Å². The molecule has 1 aromatic carbocycles. The molecule has 1 saturated carbocycles. The highest BCUT2D eigenvalue weighted by molar-refractivity contribution is 5.90. The molecule has 9 nitrogen and oxygen atoms in total. The predicted molar refractivity (Wildman–Crippen MR) is 137 cm³/mol. The summed E-state index contributed by atoms with van der Waals surface area (Å²) in [5.74, 6) is -0.121. The Morgan fingerprint density at radius 1 is 1.11 bits per heavy atom. The average molecular weight is 511 g/mol. The zero-order valence-corrected chi connectivity index (χ0v) is 22.1. The number of likely N-dealkylation sites (tertiary alicyclic amines) is 1. The molecule has 37 heavy (non-hydrogen) atoms. The molecule has 200 valence electrons. The lowest BCUT2D eigenvalue weighted by Crippen LogP contribution is -2.58. The third kappa shape index (κ3) is 5.19. The number of benzene rings is 1. The molecular weight excluding hydrogens is 472 g/mol. The van der Waals surface area contributed by atoms with Crippen LogP contribution >= 0.6 is 0 Å². The van der Waals surface area contributed by atoms with Gasteiger partial charge in [0.25, 0.3) is 0 Å². The second-order valence-electron chi connectivity index (χ2n) is 11.9. The van der Waals surface area contributed by atoms with Crippen molar-refractivity contribution in [3.8, 4) is 0 Å². The van der Waals surface area contributed by atoms with E-state index in [2.05, 4.69) is 11.9 Å². The molecule has 3 aliphatic heterocycles. The van der Waals surface area contributed by atoms with Crippen LogP contribution in [0.4, 0.5) is 9.59 Å². The molecule has 9 heteroatoms. The number of rotatable bonds is 5. The van der Waals surface area contributed by atoms with E-state index < -0.39 is 11.6 Å².